The maximum Gasteiger partial charge on any atom is 0.390 e. The van der Waals surface area contributed by atoms with Crippen molar-refractivity contribution in [3.05, 3.63) is 35.4 Å². The lowest BCUT2D eigenvalue weighted by Gasteiger charge is -2.31. The Morgan fingerprint density at radius 3 is 2.69 bits per heavy atom. The lowest BCUT2D eigenvalue weighted by atomic mass is 10.1. The van der Waals surface area contributed by atoms with Crippen LogP contribution in [0.25, 0.3) is 0 Å². The Bertz CT molecular complexity index is 799. The Balaban J connectivity index is 1.97. The number of likely N-dealkylation sites (N-methyl/N-ethyl adjacent to an activating group) is 2. The molecule has 0 saturated carbocycles. The number of nitrogens with one attached hydrogen (secondary N) is 1. The number of fused-ring (bicyclic) bond motifs is 1. The summed E-state index contributed by atoms with van der Waals surface area (Å²) in [6.45, 7) is 5.50. The zero-order valence-electron chi connectivity index (χ0n) is 15.8. The molecule has 1 aromatic carbocycles. The van der Waals surface area contributed by atoms with Crippen LogP contribution >= 0.6 is 0 Å². The van der Waals surface area contributed by atoms with Crippen LogP contribution in [0.5, 0.6) is 0 Å². The molecule has 7 nitrogen and oxygen atoms in total. The quantitative estimate of drug-likeness (QED) is 0.643. The highest BCUT2D eigenvalue weighted by Gasteiger charge is 2.51. The van der Waals surface area contributed by atoms with Gasteiger partial charge < -0.3 is 0 Å². The fourth-order valence-corrected chi connectivity index (χ4v) is 3.29. The molecule has 3 amide bonds. The lowest BCUT2D eigenvalue weighted by molar-refractivity contribution is -0.553. The Kier molecular flexibility index (Phi) is 5.06. The Labute approximate surface area is 154 Å². The van der Waals surface area contributed by atoms with E-state index in [2.05, 4.69) is 23.3 Å². The van der Waals surface area contributed by atoms with Gasteiger partial charge in [0.25, 0.3) is 5.91 Å². The highest BCUT2D eigenvalue weighted by atomic mass is 16.2. The fourth-order valence-electron chi connectivity index (χ4n) is 3.29. The molecule has 1 unspecified atom stereocenters. The van der Waals surface area contributed by atoms with Crippen molar-refractivity contribution in [3.8, 4) is 0 Å². The summed E-state index contributed by atoms with van der Waals surface area (Å²) in [5.74, 6) is 0.903. The summed E-state index contributed by atoms with van der Waals surface area (Å²) in [4.78, 5) is 32.3. The van der Waals surface area contributed by atoms with Crippen LogP contribution in [0, 0.1) is 6.92 Å². The van der Waals surface area contributed by atoms with Crippen LogP contribution in [-0.4, -0.2) is 64.8 Å². The average Bonchev–Trinajstić information content (AvgIpc) is 2.97. The van der Waals surface area contributed by atoms with Gasteiger partial charge >= 0.3 is 12.0 Å². The van der Waals surface area contributed by atoms with Crippen LogP contribution in [0.15, 0.2) is 29.3 Å². The van der Waals surface area contributed by atoms with Crippen molar-refractivity contribution in [3.63, 3.8) is 0 Å². The van der Waals surface area contributed by atoms with Crippen molar-refractivity contribution in [2.75, 3.05) is 20.6 Å². The van der Waals surface area contributed by atoms with Crippen LogP contribution in [0.1, 0.15) is 30.9 Å². The van der Waals surface area contributed by atoms with Gasteiger partial charge in [0.1, 0.15) is 0 Å². The summed E-state index contributed by atoms with van der Waals surface area (Å²) in [7, 11) is 3.18. The molecule has 2 aliphatic rings. The predicted molar refractivity (Wildman–Crippen MR) is 100 cm³/mol. The third-order valence-electron chi connectivity index (χ3n) is 4.78. The standard InChI is InChI=1S/C19H25N5O2/c1-5-6-10-20-18-21-16-15(17(25)23(4)19(26)22(16)3)24(18)12-14-9-7-8-13(2)11-14/h7-9,11,15H,5-6,10,12H2,1-4H3/p+1. The first-order chi connectivity index (χ1) is 12.4. The molecule has 1 aromatic rings. The van der Waals surface area contributed by atoms with Gasteiger partial charge in [-0.1, -0.05) is 48.2 Å². The van der Waals surface area contributed by atoms with Gasteiger partial charge in [-0.05, 0) is 18.9 Å². The van der Waals surface area contributed by atoms with Gasteiger partial charge in [-0.2, -0.15) is 0 Å². The summed E-state index contributed by atoms with van der Waals surface area (Å²) in [5.41, 5.74) is 2.27. The zero-order chi connectivity index (χ0) is 18.8. The van der Waals surface area contributed by atoms with E-state index < -0.39 is 6.04 Å². The van der Waals surface area contributed by atoms with Gasteiger partial charge in [0, 0.05) is 14.1 Å². The van der Waals surface area contributed by atoms with E-state index in [0.29, 0.717) is 18.3 Å². The number of amides is 3. The van der Waals surface area contributed by atoms with Crippen molar-refractivity contribution in [2.24, 2.45) is 4.99 Å². The number of carbonyl (C=O) groups excluding carboxylic acids is 2. The molecule has 1 atom stereocenters. The molecular weight excluding hydrogens is 330 g/mol. The normalized spacial score (nSPS) is 19.8. The topological polar surface area (TPSA) is 68.0 Å². The number of amidine groups is 1. The van der Waals surface area contributed by atoms with E-state index in [9.17, 15) is 9.59 Å². The summed E-state index contributed by atoms with van der Waals surface area (Å²) >= 11 is 0. The number of hydrogen-bond acceptors (Lipinski definition) is 4. The number of aryl methyl sites for hydroxylation is 1. The largest absolute Gasteiger partial charge is 0.390 e. The third kappa shape index (κ3) is 3.21. The first-order valence-electron chi connectivity index (χ1n) is 9.01. The number of imide groups is 1. The lowest BCUT2D eigenvalue weighted by Crippen LogP contribution is -2.61. The maximum absolute atomic E-state index is 12.8. The zero-order valence-corrected chi connectivity index (χ0v) is 15.8. The molecule has 2 heterocycles. The van der Waals surface area contributed by atoms with Gasteiger partial charge in [-0.3, -0.25) is 19.9 Å². The molecule has 1 fully saturated rings. The van der Waals surface area contributed by atoms with Crippen molar-refractivity contribution in [1.29, 1.82) is 0 Å². The van der Waals surface area contributed by atoms with Gasteiger partial charge in [-0.25, -0.2) is 9.37 Å². The predicted octanol–water partition coefficient (Wildman–Crippen LogP) is 1.56. The Morgan fingerprint density at radius 1 is 1.23 bits per heavy atom. The van der Waals surface area contributed by atoms with Crippen LogP contribution in [-0.2, 0) is 11.3 Å². The molecule has 3 rings (SSSR count). The molecule has 2 aliphatic heterocycles. The molecule has 0 spiro atoms. The maximum atomic E-state index is 12.8. The molecule has 0 aromatic heterocycles. The third-order valence-corrected chi connectivity index (χ3v) is 4.78. The van der Waals surface area contributed by atoms with Gasteiger partial charge in [0.15, 0.2) is 0 Å². The van der Waals surface area contributed by atoms with E-state index in [1.165, 1.54) is 22.4 Å². The summed E-state index contributed by atoms with van der Waals surface area (Å²) in [5, 5.41) is 3.34. The number of carbonyl (C=O) groups is 2. The Hall–Kier alpha value is -2.70. The summed E-state index contributed by atoms with van der Waals surface area (Å²) in [6.07, 6.45) is 2.08. The minimum atomic E-state index is -0.577. The Morgan fingerprint density at radius 2 is 2.00 bits per heavy atom. The first kappa shape index (κ1) is 18.1. The van der Waals surface area contributed by atoms with Crippen LogP contribution < -0.4 is 5.32 Å². The number of benzene rings is 1. The number of guanidine groups is 1. The van der Waals surface area contributed by atoms with Crippen molar-refractivity contribution in [1.82, 2.24) is 15.1 Å². The fraction of sp³-hybridized carbons (Fsp3) is 0.474. The molecule has 138 valence electrons. The number of unbranched alkanes of at least 4 members (excludes halogenated alkanes) is 1. The summed E-state index contributed by atoms with van der Waals surface area (Å²) in [6, 6.07) is 7.28. The van der Waals surface area contributed by atoms with E-state index in [0.717, 1.165) is 24.9 Å². The monoisotopic (exact) mass is 356 g/mol. The average molecular weight is 356 g/mol. The SMILES string of the molecule is CCCCNC1=[N+](Cc2cccc(C)c2)C2C(=O)N(C)C(=O)N(C)C2=N1. The second-order valence-electron chi connectivity index (χ2n) is 6.83. The smallest absolute Gasteiger partial charge is 0.275 e. The second kappa shape index (κ2) is 7.27. The van der Waals surface area contributed by atoms with Crippen LogP contribution in [0.3, 0.4) is 0 Å². The van der Waals surface area contributed by atoms with Gasteiger partial charge in [0.05, 0.1) is 13.1 Å². The summed E-state index contributed by atoms with van der Waals surface area (Å²) < 4.78 is 1.96. The molecule has 1 saturated heterocycles. The molecular formula is C19H26N5O2+. The highest BCUT2D eigenvalue weighted by Crippen LogP contribution is 2.20. The number of hydrogen-bond donors (Lipinski definition) is 1. The first-order valence-corrected chi connectivity index (χ1v) is 9.01. The van der Waals surface area contributed by atoms with Crippen LogP contribution in [0.2, 0.25) is 0 Å². The van der Waals surface area contributed by atoms with Crippen molar-refractivity contribution >= 4 is 23.7 Å². The van der Waals surface area contributed by atoms with E-state index >= 15 is 0 Å². The minimum Gasteiger partial charge on any atom is -0.275 e. The highest BCUT2D eigenvalue weighted by molar-refractivity contribution is 6.22. The second-order valence-corrected chi connectivity index (χ2v) is 6.83. The molecule has 0 radical (unpaired) electrons. The number of nitrogens with zero attached hydrogens (tertiary/aromatic N) is 4. The van der Waals surface area contributed by atoms with Crippen molar-refractivity contribution in [2.45, 2.75) is 39.3 Å². The molecule has 0 bridgehead atoms. The number of rotatable bonds is 5. The van der Waals surface area contributed by atoms with E-state index in [1.54, 1.807) is 7.05 Å². The minimum absolute atomic E-state index is 0.244. The molecule has 7 heteroatoms. The van der Waals surface area contributed by atoms with Gasteiger partial charge in [-0.15, -0.1) is 0 Å². The molecule has 0 aliphatic carbocycles. The van der Waals surface area contributed by atoms with E-state index in [4.69, 9.17) is 0 Å². The van der Waals surface area contributed by atoms with Crippen LogP contribution in [0.4, 0.5) is 4.79 Å². The van der Waals surface area contributed by atoms with E-state index in [-0.39, 0.29) is 11.9 Å². The molecule has 26 heavy (non-hydrogen) atoms. The van der Waals surface area contributed by atoms with Gasteiger partial charge in [0.2, 0.25) is 11.9 Å². The molecule has 1 N–H and O–H groups in total. The number of aliphatic imine (C=N–C) groups is 1. The van der Waals surface area contributed by atoms with Crippen molar-refractivity contribution < 1.29 is 14.2 Å². The van der Waals surface area contributed by atoms with E-state index in [1.807, 2.05) is 29.7 Å². The number of urea groups is 1.